The van der Waals surface area contributed by atoms with Crippen molar-refractivity contribution in [2.45, 2.75) is 56.4 Å². The van der Waals surface area contributed by atoms with Crippen molar-refractivity contribution in [1.82, 2.24) is 19.5 Å². The van der Waals surface area contributed by atoms with Gasteiger partial charge in [0.25, 0.3) is 10.1 Å². The molecule has 6 N–H and O–H groups in total. The zero-order chi connectivity index (χ0) is 20.1. The molecule has 3 aromatic rings. The summed E-state index contributed by atoms with van der Waals surface area (Å²) in [5.41, 5.74) is 15.2. The Morgan fingerprint density at radius 3 is 2.71 bits per heavy atom. The summed E-state index contributed by atoms with van der Waals surface area (Å²) in [7, 11) is -3.63. The van der Waals surface area contributed by atoms with Gasteiger partial charge >= 0.3 is 0 Å². The lowest BCUT2D eigenvalue weighted by Gasteiger charge is -2.21. The Labute approximate surface area is 163 Å². The largest absolute Gasteiger partial charge is 0.369 e. The summed E-state index contributed by atoms with van der Waals surface area (Å²) < 4.78 is 30.2. The average molecular weight is 407 g/mol. The monoisotopic (exact) mass is 406 g/mol. The van der Waals surface area contributed by atoms with Crippen molar-refractivity contribution in [3.8, 4) is 0 Å². The molecule has 0 aliphatic heterocycles. The van der Waals surface area contributed by atoms with E-state index < -0.39 is 15.4 Å². The van der Waals surface area contributed by atoms with E-state index in [1.54, 1.807) is 6.20 Å². The highest BCUT2D eigenvalue weighted by molar-refractivity contribution is 7.86. The lowest BCUT2D eigenvalue weighted by Crippen LogP contribution is -2.17. The number of hydrogen-bond donors (Lipinski definition) is 4. The van der Waals surface area contributed by atoms with Gasteiger partial charge in [0.05, 0.1) is 17.0 Å². The molecule has 0 radical (unpaired) electrons. The molecule has 2 fully saturated rings. The van der Waals surface area contributed by atoms with Crippen molar-refractivity contribution in [3.63, 3.8) is 0 Å². The average Bonchev–Trinajstić information content (AvgIpc) is 3.16. The molecular formula is C18H26N6O3S. The molecule has 3 heterocycles. The van der Waals surface area contributed by atoms with Crippen LogP contribution >= 0.6 is 0 Å². The highest BCUT2D eigenvalue weighted by atomic mass is 32.2. The first-order valence-electron chi connectivity index (χ1n) is 9.61. The van der Waals surface area contributed by atoms with Crippen LogP contribution in [-0.4, -0.2) is 43.8 Å². The molecule has 0 amide bonds. The predicted molar refractivity (Wildman–Crippen MR) is 108 cm³/mol. The molecule has 3 aromatic heterocycles. The number of pyridine rings is 1. The Hall–Kier alpha value is -2.17. The Kier molecular flexibility index (Phi) is 4.80. The number of hydrogen-bond acceptors (Lipinski definition) is 6. The summed E-state index contributed by atoms with van der Waals surface area (Å²) in [6, 6.07) is 2.62. The summed E-state index contributed by atoms with van der Waals surface area (Å²) in [5, 5.41) is 0.652. The van der Waals surface area contributed by atoms with Crippen LogP contribution in [-0.2, 0) is 10.1 Å². The summed E-state index contributed by atoms with van der Waals surface area (Å²) in [5.74, 6) is 1.12. The van der Waals surface area contributed by atoms with E-state index >= 15 is 0 Å². The van der Waals surface area contributed by atoms with Gasteiger partial charge in [0.1, 0.15) is 11.2 Å². The van der Waals surface area contributed by atoms with Gasteiger partial charge in [0.15, 0.2) is 0 Å². The number of imidazole rings is 1. The van der Waals surface area contributed by atoms with E-state index in [-0.39, 0.29) is 6.04 Å². The van der Waals surface area contributed by atoms with E-state index in [9.17, 15) is 8.42 Å². The fourth-order valence-corrected chi connectivity index (χ4v) is 4.94. The highest BCUT2D eigenvalue weighted by Crippen LogP contribution is 2.41. The van der Waals surface area contributed by atoms with Crippen LogP contribution < -0.4 is 11.5 Å². The molecule has 2 aliphatic carbocycles. The van der Waals surface area contributed by atoms with Crippen molar-refractivity contribution >= 4 is 38.1 Å². The molecule has 0 unspecified atom stereocenters. The van der Waals surface area contributed by atoms with Crippen LogP contribution in [0.4, 0.5) is 5.95 Å². The lowest BCUT2D eigenvalue weighted by molar-refractivity contribution is 0.381. The third kappa shape index (κ3) is 3.47. The van der Waals surface area contributed by atoms with Gasteiger partial charge in [0.2, 0.25) is 5.95 Å². The molecule has 152 valence electrons. The number of nitrogens with two attached hydrogens (primary N) is 2. The Bertz CT molecular complexity index is 1100. The summed E-state index contributed by atoms with van der Waals surface area (Å²) in [4.78, 5) is 12.1. The first kappa shape index (κ1) is 19.2. The van der Waals surface area contributed by atoms with E-state index in [1.165, 1.54) is 0 Å². The first-order chi connectivity index (χ1) is 13.3. The second-order valence-corrected chi connectivity index (χ2v) is 9.45. The molecule has 0 aromatic carbocycles. The molecule has 0 spiro atoms. The van der Waals surface area contributed by atoms with Gasteiger partial charge in [-0.15, -0.1) is 0 Å². The zero-order valence-electron chi connectivity index (χ0n) is 15.7. The van der Waals surface area contributed by atoms with E-state index in [0.29, 0.717) is 30.7 Å². The van der Waals surface area contributed by atoms with Gasteiger partial charge in [-0.05, 0) is 37.7 Å². The molecule has 3 atom stereocenters. The third-order valence-electron chi connectivity index (χ3n) is 5.76. The molecule has 28 heavy (non-hydrogen) atoms. The van der Waals surface area contributed by atoms with Crippen molar-refractivity contribution < 1.29 is 13.0 Å². The summed E-state index contributed by atoms with van der Waals surface area (Å²) in [6.07, 6.45) is 8.10. The second-order valence-electron chi connectivity index (χ2n) is 7.75. The number of fused-ring (bicyclic) bond motifs is 3. The number of anilines is 1. The van der Waals surface area contributed by atoms with E-state index in [1.807, 2.05) is 12.3 Å². The number of nitrogens with one attached hydrogen (secondary N) is 1. The maximum Gasteiger partial charge on any atom is 0.267 e. The van der Waals surface area contributed by atoms with Crippen LogP contribution in [0.25, 0.3) is 22.1 Å². The van der Waals surface area contributed by atoms with Crippen LogP contribution in [0.2, 0.25) is 0 Å². The summed E-state index contributed by atoms with van der Waals surface area (Å²) >= 11 is 0. The molecular weight excluding hydrogens is 380 g/mol. The van der Waals surface area contributed by atoms with E-state index in [0.717, 1.165) is 41.3 Å². The number of H-pyrrole nitrogens is 1. The van der Waals surface area contributed by atoms with Crippen molar-refractivity contribution in [2.24, 2.45) is 11.7 Å². The minimum atomic E-state index is -3.63. The highest BCUT2D eigenvalue weighted by Gasteiger charge is 2.35. The van der Waals surface area contributed by atoms with Crippen molar-refractivity contribution in [1.29, 1.82) is 0 Å². The van der Waals surface area contributed by atoms with Crippen LogP contribution in [0.1, 0.15) is 45.1 Å². The normalized spacial score (nSPS) is 25.2. The third-order valence-corrected chi connectivity index (χ3v) is 7.07. The maximum absolute atomic E-state index is 9.95. The first-order valence-corrected chi connectivity index (χ1v) is 11.1. The number of nitrogen functional groups attached to an aromatic ring is 1. The van der Waals surface area contributed by atoms with Gasteiger partial charge in [-0.2, -0.15) is 8.42 Å². The number of rotatable bonds is 3. The van der Waals surface area contributed by atoms with Gasteiger partial charge in [0, 0.05) is 23.7 Å². The predicted octanol–water partition coefficient (Wildman–Crippen LogP) is 2.22. The molecule has 0 saturated heterocycles. The van der Waals surface area contributed by atoms with Gasteiger partial charge < -0.3 is 21.0 Å². The smallest absolute Gasteiger partial charge is 0.267 e. The standard InChI is InChI=1S/C15H20N6.C3H6O3S/c1-2-8-5-9(16)6-12(8)21-13-10-3-4-18-14(10)19-7-11(13)20-15(21)17;4-7(5,6)3-1-2-3/h3-4,7-9,12H,2,5-6,16H2,1H3,(H2,17,20)(H,18,19);3H,1-2H2,(H,4,5,6)/t8-,9+,12+;/m1./s1. The van der Waals surface area contributed by atoms with Crippen LogP contribution in [0.15, 0.2) is 18.5 Å². The van der Waals surface area contributed by atoms with Gasteiger partial charge in [-0.1, -0.05) is 13.3 Å². The molecule has 2 saturated carbocycles. The van der Waals surface area contributed by atoms with Crippen LogP contribution in [0.3, 0.4) is 0 Å². The van der Waals surface area contributed by atoms with Crippen LogP contribution in [0, 0.1) is 5.92 Å². The Morgan fingerprint density at radius 2 is 2.11 bits per heavy atom. The fourth-order valence-electron chi connectivity index (χ4n) is 4.21. The quantitative estimate of drug-likeness (QED) is 0.486. The molecule has 5 rings (SSSR count). The maximum atomic E-state index is 9.95. The lowest BCUT2D eigenvalue weighted by atomic mass is 10.00. The second kappa shape index (κ2) is 7.02. The van der Waals surface area contributed by atoms with Gasteiger partial charge in [-0.25, -0.2) is 9.97 Å². The van der Waals surface area contributed by atoms with E-state index in [2.05, 4.69) is 26.4 Å². The SMILES string of the molecule is CC[C@@H]1C[C@H](N)C[C@@H]1n1c(N)nc2cnc3[nH]ccc3c21.O=S(=O)(O)C1CC1. The molecule has 9 nitrogen and oxygen atoms in total. The minimum absolute atomic E-state index is 0.250. The minimum Gasteiger partial charge on any atom is -0.369 e. The topological polar surface area (TPSA) is 153 Å². The molecule has 0 bridgehead atoms. The van der Waals surface area contributed by atoms with Gasteiger partial charge in [-0.3, -0.25) is 4.55 Å². The van der Waals surface area contributed by atoms with Crippen molar-refractivity contribution in [3.05, 3.63) is 18.5 Å². The van der Waals surface area contributed by atoms with Crippen molar-refractivity contribution in [2.75, 3.05) is 5.73 Å². The number of aromatic nitrogens is 4. The Balaban J connectivity index is 0.000000233. The fraction of sp³-hybridized carbons (Fsp3) is 0.556. The molecule has 10 heteroatoms. The van der Waals surface area contributed by atoms with E-state index in [4.69, 9.17) is 16.0 Å². The zero-order valence-corrected chi connectivity index (χ0v) is 16.6. The number of aromatic amines is 1. The Morgan fingerprint density at radius 1 is 1.36 bits per heavy atom. The molecule has 2 aliphatic rings. The number of nitrogens with zero attached hydrogens (tertiary/aromatic N) is 3. The summed E-state index contributed by atoms with van der Waals surface area (Å²) in [6.45, 7) is 2.22. The van der Waals surface area contributed by atoms with Crippen LogP contribution in [0.5, 0.6) is 0 Å².